The molecule has 0 atom stereocenters. The number of aromatic amines is 1. The highest BCUT2D eigenvalue weighted by Crippen LogP contribution is 2.18. The molecular weight excluding hydrogens is 282 g/mol. The van der Waals surface area contributed by atoms with E-state index in [1.54, 1.807) is 6.07 Å². The number of aromatic nitrogens is 3. The molecule has 22 heavy (non-hydrogen) atoms. The molecule has 0 aliphatic carbocycles. The molecule has 0 fully saturated rings. The van der Waals surface area contributed by atoms with E-state index in [-0.39, 0.29) is 0 Å². The maximum atomic E-state index is 11.6. The van der Waals surface area contributed by atoms with Crippen LogP contribution in [0.5, 0.6) is 0 Å². The van der Waals surface area contributed by atoms with Gasteiger partial charge in [-0.1, -0.05) is 0 Å². The number of nitrogens with one attached hydrogen (secondary N) is 3. The number of hydrogen-bond acceptors (Lipinski definition) is 7. The van der Waals surface area contributed by atoms with Crippen LogP contribution in [-0.4, -0.2) is 47.0 Å². The SMILES string of the molecule is Cc1cc(Nc2nc(NCCN(C)C)nc(=O)[nH]2)ccc1N. The van der Waals surface area contributed by atoms with Crippen LogP contribution in [-0.2, 0) is 0 Å². The van der Waals surface area contributed by atoms with E-state index in [9.17, 15) is 4.79 Å². The summed E-state index contributed by atoms with van der Waals surface area (Å²) >= 11 is 0. The topological polar surface area (TPSA) is 112 Å². The lowest BCUT2D eigenvalue weighted by atomic mass is 10.2. The van der Waals surface area contributed by atoms with Crippen molar-refractivity contribution in [1.82, 2.24) is 19.9 Å². The van der Waals surface area contributed by atoms with Crippen molar-refractivity contribution >= 4 is 23.3 Å². The van der Waals surface area contributed by atoms with Crippen LogP contribution in [0.1, 0.15) is 5.56 Å². The summed E-state index contributed by atoms with van der Waals surface area (Å²) < 4.78 is 0. The monoisotopic (exact) mass is 303 g/mol. The summed E-state index contributed by atoms with van der Waals surface area (Å²) in [7, 11) is 3.94. The van der Waals surface area contributed by atoms with Gasteiger partial charge in [0.15, 0.2) is 0 Å². The quantitative estimate of drug-likeness (QED) is 0.583. The normalized spacial score (nSPS) is 10.7. The third kappa shape index (κ3) is 4.45. The Morgan fingerprint density at radius 1 is 1.32 bits per heavy atom. The smallest absolute Gasteiger partial charge is 0.351 e. The first kappa shape index (κ1) is 15.8. The Morgan fingerprint density at radius 2 is 2.09 bits per heavy atom. The standard InChI is InChI=1S/C14H21N7O/c1-9-8-10(4-5-11(9)15)17-13-18-12(19-14(22)20-13)16-6-7-21(2)3/h4-5,8H,6-7,15H2,1-3H3,(H3,16,17,18,19,20,22). The summed E-state index contributed by atoms with van der Waals surface area (Å²) in [4.78, 5) is 24.2. The lowest BCUT2D eigenvalue weighted by molar-refractivity contribution is 0.425. The predicted octanol–water partition coefficient (Wildman–Crippen LogP) is 0.773. The first-order valence-corrected chi connectivity index (χ1v) is 6.94. The van der Waals surface area contributed by atoms with Crippen LogP contribution in [0.3, 0.4) is 0 Å². The molecule has 0 saturated heterocycles. The van der Waals surface area contributed by atoms with Gasteiger partial charge in [-0.25, -0.2) is 4.79 Å². The molecule has 0 unspecified atom stereocenters. The van der Waals surface area contributed by atoms with Crippen LogP contribution >= 0.6 is 0 Å². The number of aryl methyl sites for hydroxylation is 1. The Kier molecular flexibility index (Phi) is 4.95. The molecule has 1 heterocycles. The van der Waals surface area contributed by atoms with Crippen LogP contribution in [0, 0.1) is 6.92 Å². The second-order valence-corrected chi connectivity index (χ2v) is 5.25. The van der Waals surface area contributed by atoms with Crippen molar-refractivity contribution < 1.29 is 0 Å². The van der Waals surface area contributed by atoms with E-state index in [2.05, 4.69) is 25.6 Å². The summed E-state index contributed by atoms with van der Waals surface area (Å²) in [5.74, 6) is 0.622. The minimum atomic E-state index is -0.461. The second-order valence-electron chi connectivity index (χ2n) is 5.25. The summed E-state index contributed by atoms with van der Waals surface area (Å²) in [5, 5.41) is 6.06. The molecule has 2 rings (SSSR count). The van der Waals surface area contributed by atoms with Gasteiger partial charge in [0.2, 0.25) is 11.9 Å². The predicted molar refractivity (Wildman–Crippen MR) is 88.6 cm³/mol. The summed E-state index contributed by atoms with van der Waals surface area (Å²) in [6, 6.07) is 5.50. The lowest BCUT2D eigenvalue weighted by Crippen LogP contribution is -2.24. The molecule has 8 heteroatoms. The molecule has 0 bridgehead atoms. The molecule has 0 amide bonds. The van der Waals surface area contributed by atoms with E-state index in [0.717, 1.165) is 17.8 Å². The van der Waals surface area contributed by atoms with Gasteiger partial charge in [0.25, 0.3) is 0 Å². The number of likely N-dealkylation sites (N-methyl/N-ethyl adjacent to an activating group) is 1. The van der Waals surface area contributed by atoms with Gasteiger partial charge >= 0.3 is 5.69 Å². The molecule has 5 N–H and O–H groups in total. The van der Waals surface area contributed by atoms with E-state index in [1.165, 1.54) is 0 Å². The highest BCUT2D eigenvalue weighted by atomic mass is 16.1. The highest BCUT2D eigenvalue weighted by molar-refractivity contribution is 5.61. The minimum absolute atomic E-state index is 0.292. The van der Waals surface area contributed by atoms with E-state index >= 15 is 0 Å². The highest BCUT2D eigenvalue weighted by Gasteiger charge is 2.04. The molecule has 0 saturated carbocycles. The van der Waals surface area contributed by atoms with Crippen molar-refractivity contribution in [2.75, 3.05) is 43.6 Å². The minimum Gasteiger partial charge on any atom is -0.399 e. The maximum absolute atomic E-state index is 11.6. The van der Waals surface area contributed by atoms with E-state index in [1.807, 2.05) is 38.1 Å². The third-order valence-corrected chi connectivity index (χ3v) is 3.03. The number of hydrogen-bond donors (Lipinski definition) is 4. The van der Waals surface area contributed by atoms with E-state index < -0.39 is 5.69 Å². The van der Waals surface area contributed by atoms with Gasteiger partial charge in [0.05, 0.1) is 0 Å². The zero-order chi connectivity index (χ0) is 16.1. The van der Waals surface area contributed by atoms with Crippen LogP contribution in [0.2, 0.25) is 0 Å². The number of benzene rings is 1. The van der Waals surface area contributed by atoms with E-state index in [4.69, 9.17) is 5.73 Å². The molecule has 1 aromatic heterocycles. The molecule has 0 aliphatic rings. The first-order chi connectivity index (χ1) is 10.4. The Labute approximate surface area is 128 Å². The van der Waals surface area contributed by atoms with Gasteiger partial charge in [0.1, 0.15) is 0 Å². The number of anilines is 4. The van der Waals surface area contributed by atoms with Gasteiger partial charge in [-0.15, -0.1) is 0 Å². The average Bonchev–Trinajstić information content (AvgIpc) is 2.42. The van der Waals surface area contributed by atoms with Crippen LogP contribution < -0.4 is 22.1 Å². The Hall–Kier alpha value is -2.61. The first-order valence-electron chi connectivity index (χ1n) is 6.94. The second kappa shape index (κ2) is 6.90. The summed E-state index contributed by atoms with van der Waals surface area (Å²) in [6.45, 7) is 3.38. The zero-order valence-corrected chi connectivity index (χ0v) is 13.0. The fraction of sp³-hybridized carbons (Fsp3) is 0.357. The third-order valence-electron chi connectivity index (χ3n) is 3.03. The molecule has 0 radical (unpaired) electrons. The largest absolute Gasteiger partial charge is 0.399 e. The molecule has 0 spiro atoms. The fourth-order valence-corrected chi connectivity index (χ4v) is 1.80. The van der Waals surface area contributed by atoms with Crippen molar-refractivity contribution in [3.05, 3.63) is 34.2 Å². The van der Waals surface area contributed by atoms with Crippen molar-refractivity contribution in [1.29, 1.82) is 0 Å². The average molecular weight is 303 g/mol. The number of nitrogens with two attached hydrogens (primary N) is 1. The van der Waals surface area contributed by atoms with Crippen LogP contribution in [0.4, 0.5) is 23.3 Å². The number of H-pyrrole nitrogens is 1. The number of rotatable bonds is 6. The molecular formula is C14H21N7O. The Balaban J connectivity index is 2.11. The molecule has 1 aromatic carbocycles. The lowest BCUT2D eigenvalue weighted by Gasteiger charge is -2.11. The van der Waals surface area contributed by atoms with E-state index in [0.29, 0.717) is 24.1 Å². The van der Waals surface area contributed by atoms with Crippen LogP contribution in [0.25, 0.3) is 0 Å². The van der Waals surface area contributed by atoms with Gasteiger partial charge in [-0.2, -0.15) is 9.97 Å². The Morgan fingerprint density at radius 3 is 2.77 bits per heavy atom. The fourth-order valence-electron chi connectivity index (χ4n) is 1.80. The maximum Gasteiger partial charge on any atom is 0.351 e. The number of nitrogens with zero attached hydrogens (tertiary/aromatic N) is 3. The van der Waals surface area contributed by atoms with Crippen molar-refractivity contribution in [2.24, 2.45) is 0 Å². The molecule has 2 aromatic rings. The Bertz CT molecular complexity index is 696. The zero-order valence-electron chi connectivity index (χ0n) is 13.0. The molecule has 0 aliphatic heterocycles. The summed E-state index contributed by atoms with van der Waals surface area (Å²) in [6.07, 6.45) is 0. The van der Waals surface area contributed by atoms with Gasteiger partial charge < -0.3 is 21.3 Å². The van der Waals surface area contributed by atoms with Gasteiger partial charge in [0, 0.05) is 24.5 Å². The number of nitrogen functional groups attached to an aromatic ring is 1. The van der Waals surface area contributed by atoms with Crippen molar-refractivity contribution in [2.45, 2.75) is 6.92 Å². The molecule has 8 nitrogen and oxygen atoms in total. The van der Waals surface area contributed by atoms with Crippen molar-refractivity contribution in [3.8, 4) is 0 Å². The molecule has 118 valence electrons. The van der Waals surface area contributed by atoms with Gasteiger partial charge in [-0.05, 0) is 44.8 Å². The summed E-state index contributed by atoms with van der Waals surface area (Å²) in [5.41, 5.74) is 7.78. The van der Waals surface area contributed by atoms with Crippen LogP contribution in [0.15, 0.2) is 23.0 Å². The van der Waals surface area contributed by atoms with Gasteiger partial charge in [-0.3, -0.25) is 4.98 Å². The van der Waals surface area contributed by atoms with Crippen molar-refractivity contribution in [3.63, 3.8) is 0 Å².